The summed E-state index contributed by atoms with van der Waals surface area (Å²) in [7, 11) is 1.59. The van der Waals surface area contributed by atoms with E-state index in [4.69, 9.17) is 4.74 Å². The first-order valence-corrected chi connectivity index (χ1v) is 6.79. The van der Waals surface area contributed by atoms with Crippen LogP contribution in [0.3, 0.4) is 0 Å². The van der Waals surface area contributed by atoms with E-state index in [1.807, 2.05) is 6.92 Å². The molecule has 0 bridgehead atoms. The van der Waals surface area contributed by atoms with Crippen LogP contribution < -0.4 is 9.64 Å². The zero-order chi connectivity index (χ0) is 14.3. The monoisotopic (exact) mass is 271 g/mol. The van der Waals surface area contributed by atoms with E-state index in [0.29, 0.717) is 24.3 Å². The Bertz CT molecular complexity index is 588. The van der Waals surface area contributed by atoms with Crippen molar-refractivity contribution >= 4 is 17.5 Å². The molecule has 1 aromatic carbocycles. The number of benzene rings is 1. The van der Waals surface area contributed by atoms with Gasteiger partial charge < -0.3 is 4.74 Å². The molecule has 4 heteroatoms. The molecule has 2 amide bonds. The molecule has 0 aromatic heterocycles. The summed E-state index contributed by atoms with van der Waals surface area (Å²) >= 11 is 0. The lowest BCUT2D eigenvalue weighted by molar-refractivity contribution is -0.122. The van der Waals surface area contributed by atoms with Crippen LogP contribution in [0.25, 0.3) is 0 Å². The van der Waals surface area contributed by atoms with E-state index in [1.54, 1.807) is 31.4 Å². The van der Waals surface area contributed by atoms with Gasteiger partial charge in [-0.15, -0.1) is 0 Å². The molecule has 1 aromatic rings. The number of anilines is 1. The molecule has 1 heterocycles. The molecule has 20 heavy (non-hydrogen) atoms. The summed E-state index contributed by atoms with van der Waals surface area (Å²) in [5.74, 6) is 0.192. The van der Waals surface area contributed by atoms with Gasteiger partial charge in [0.05, 0.1) is 24.6 Å². The van der Waals surface area contributed by atoms with Gasteiger partial charge in [0.15, 0.2) is 0 Å². The van der Waals surface area contributed by atoms with Crippen LogP contribution in [-0.2, 0) is 9.59 Å². The van der Waals surface area contributed by atoms with E-state index in [2.05, 4.69) is 6.08 Å². The fourth-order valence-electron chi connectivity index (χ4n) is 3.02. The number of amides is 2. The van der Waals surface area contributed by atoms with Gasteiger partial charge in [0.1, 0.15) is 5.75 Å². The van der Waals surface area contributed by atoms with Crippen LogP contribution in [0.5, 0.6) is 5.75 Å². The lowest BCUT2D eigenvalue weighted by Gasteiger charge is -2.18. The van der Waals surface area contributed by atoms with Crippen molar-refractivity contribution in [2.75, 3.05) is 12.0 Å². The molecule has 1 aliphatic heterocycles. The molecule has 2 aliphatic rings. The Balaban J connectivity index is 1.91. The molecular weight excluding hydrogens is 254 g/mol. The summed E-state index contributed by atoms with van der Waals surface area (Å²) in [5.41, 5.74) is 1.83. The standard InChI is InChI=1S/C16H17NO3/c1-10-3-8-13-14(9-10)16(19)17(15(13)18)11-4-6-12(20-2)7-5-11/h3-7,13-14H,8-9H2,1-2H3/t13-,14-/m1/s1. The number of carbonyl (C=O) groups is 2. The molecule has 0 radical (unpaired) electrons. The van der Waals surface area contributed by atoms with Crippen molar-refractivity contribution in [1.82, 2.24) is 0 Å². The van der Waals surface area contributed by atoms with Crippen molar-refractivity contribution in [1.29, 1.82) is 0 Å². The number of allylic oxidation sites excluding steroid dienone is 2. The lowest BCUT2D eigenvalue weighted by Crippen LogP contribution is -2.30. The Morgan fingerprint density at radius 3 is 2.40 bits per heavy atom. The van der Waals surface area contributed by atoms with E-state index in [9.17, 15) is 9.59 Å². The second kappa shape index (κ2) is 4.78. The maximum atomic E-state index is 12.5. The molecule has 0 unspecified atom stereocenters. The van der Waals surface area contributed by atoms with E-state index >= 15 is 0 Å². The molecule has 1 aliphatic carbocycles. The maximum absolute atomic E-state index is 12.5. The van der Waals surface area contributed by atoms with Gasteiger partial charge in [-0.05, 0) is 44.0 Å². The zero-order valence-corrected chi connectivity index (χ0v) is 11.6. The van der Waals surface area contributed by atoms with Gasteiger partial charge in [0.25, 0.3) is 0 Å². The van der Waals surface area contributed by atoms with Crippen molar-refractivity contribution in [3.8, 4) is 5.75 Å². The smallest absolute Gasteiger partial charge is 0.238 e. The minimum absolute atomic E-state index is 0.0717. The third-order valence-corrected chi connectivity index (χ3v) is 4.15. The van der Waals surface area contributed by atoms with Crippen LogP contribution in [-0.4, -0.2) is 18.9 Å². The molecule has 4 nitrogen and oxygen atoms in total. The summed E-state index contributed by atoms with van der Waals surface area (Å²) in [4.78, 5) is 26.3. The summed E-state index contributed by atoms with van der Waals surface area (Å²) < 4.78 is 5.10. The summed E-state index contributed by atoms with van der Waals surface area (Å²) in [6, 6.07) is 7.04. The number of ether oxygens (including phenoxy) is 1. The van der Waals surface area contributed by atoms with Crippen LogP contribution in [0.1, 0.15) is 19.8 Å². The van der Waals surface area contributed by atoms with Gasteiger partial charge in [-0.3, -0.25) is 14.5 Å². The van der Waals surface area contributed by atoms with Crippen molar-refractivity contribution in [2.45, 2.75) is 19.8 Å². The third kappa shape index (κ3) is 1.92. The summed E-state index contributed by atoms with van der Waals surface area (Å²) in [6.45, 7) is 2.02. The van der Waals surface area contributed by atoms with Crippen LogP contribution in [0.15, 0.2) is 35.9 Å². The number of methoxy groups -OCH3 is 1. The number of fused-ring (bicyclic) bond motifs is 1. The highest BCUT2D eigenvalue weighted by Gasteiger charge is 2.48. The summed E-state index contributed by atoms with van der Waals surface area (Å²) in [5, 5.41) is 0. The first kappa shape index (κ1) is 12.9. The number of carbonyl (C=O) groups excluding carboxylic acids is 2. The van der Waals surface area contributed by atoms with E-state index < -0.39 is 0 Å². The second-order valence-corrected chi connectivity index (χ2v) is 5.41. The average molecular weight is 271 g/mol. The van der Waals surface area contributed by atoms with Gasteiger partial charge in [0, 0.05) is 0 Å². The topological polar surface area (TPSA) is 46.6 Å². The Kier molecular flexibility index (Phi) is 3.08. The van der Waals surface area contributed by atoms with Crippen molar-refractivity contribution < 1.29 is 14.3 Å². The summed E-state index contributed by atoms with van der Waals surface area (Å²) in [6.07, 6.45) is 3.44. The fraction of sp³-hybridized carbons (Fsp3) is 0.375. The minimum atomic E-state index is -0.187. The molecular formula is C16H17NO3. The Hall–Kier alpha value is -2.10. The number of imide groups is 1. The second-order valence-electron chi connectivity index (χ2n) is 5.41. The van der Waals surface area contributed by atoms with Crippen molar-refractivity contribution in [3.05, 3.63) is 35.9 Å². The molecule has 0 saturated carbocycles. The average Bonchev–Trinajstić information content (AvgIpc) is 2.71. The number of rotatable bonds is 2. The van der Waals surface area contributed by atoms with Gasteiger partial charge in [-0.1, -0.05) is 11.6 Å². The van der Waals surface area contributed by atoms with Crippen LogP contribution in [0, 0.1) is 11.8 Å². The third-order valence-electron chi connectivity index (χ3n) is 4.15. The SMILES string of the molecule is COc1ccc(N2C(=O)[C@@H]3CC=C(C)C[C@H]3C2=O)cc1. The molecule has 3 rings (SSSR count). The molecule has 1 fully saturated rings. The van der Waals surface area contributed by atoms with E-state index in [1.165, 1.54) is 10.5 Å². The minimum Gasteiger partial charge on any atom is -0.497 e. The van der Waals surface area contributed by atoms with Crippen LogP contribution in [0.4, 0.5) is 5.69 Å². The van der Waals surface area contributed by atoms with E-state index in [-0.39, 0.29) is 23.7 Å². The van der Waals surface area contributed by atoms with Gasteiger partial charge in [-0.25, -0.2) is 0 Å². The number of hydrogen-bond donors (Lipinski definition) is 0. The van der Waals surface area contributed by atoms with Gasteiger partial charge >= 0.3 is 0 Å². The Morgan fingerprint density at radius 2 is 1.75 bits per heavy atom. The van der Waals surface area contributed by atoms with Crippen LogP contribution >= 0.6 is 0 Å². The predicted octanol–water partition coefficient (Wildman–Crippen LogP) is 2.54. The Morgan fingerprint density at radius 1 is 1.10 bits per heavy atom. The maximum Gasteiger partial charge on any atom is 0.238 e. The highest BCUT2D eigenvalue weighted by Crippen LogP contribution is 2.39. The quantitative estimate of drug-likeness (QED) is 0.613. The highest BCUT2D eigenvalue weighted by atomic mass is 16.5. The first-order valence-electron chi connectivity index (χ1n) is 6.79. The van der Waals surface area contributed by atoms with Gasteiger partial charge in [0.2, 0.25) is 11.8 Å². The number of hydrogen-bond acceptors (Lipinski definition) is 3. The largest absolute Gasteiger partial charge is 0.497 e. The number of nitrogens with zero attached hydrogens (tertiary/aromatic N) is 1. The molecule has 2 atom stereocenters. The van der Waals surface area contributed by atoms with Gasteiger partial charge in [-0.2, -0.15) is 0 Å². The molecule has 0 N–H and O–H groups in total. The lowest BCUT2D eigenvalue weighted by atomic mass is 9.82. The Labute approximate surface area is 118 Å². The fourth-order valence-corrected chi connectivity index (χ4v) is 3.02. The zero-order valence-electron chi connectivity index (χ0n) is 11.6. The molecule has 0 spiro atoms. The van der Waals surface area contributed by atoms with Crippen LogP contribution in [0.2, 0.25) is 0 Å². The first-order chi connectivity index (χ1) is 9.61. The highest BCUT2D eigenvalue weighted by molar-refractivity contribution is 6.22. The van der Waals surface area contributed by atoms with E-state index in [0.717, 1.165) is 0 Å². The van der Waals surface area contributed by atoms with Crippen molar-refractivity contribution in [2.24, 2.45) is 11.8 Å². The van der Waals surface area contributed by atoms with Crippen molar-refractivity contribution in [3.63, 3.8) is 0 Å². The predicted molar refractivity (Wildman–Crippen MR) is 75.5 cm³/mol. The molecule has 104 valence electrons. The normalized spacial score (nSPS) is 25.5. The molecule has 1 saturated heterocycles.